The first-order valence-electron chi connectivity index (χ1n) is 11.6. The number of aromatic nitrogens is 3. The van der Waals surface area contributed by atoms with E-state index in [2.05, 4.69) is 28.0 Å². The minimum absolute atomic E-state index is 0.0219. The van der Waals surface area contributed by atoms with Gasteiger partial charge in [-0.1, -0.05) is 13.0 Å². The summed E-state index contributed by atoms with van der Waals surface area (Å²) in [5, 5.41) is 12.7. The van der Waals surface area contributed by atoms with E-state index in [4.69, 9.17) is 4.98 Å². The molecule has 0 radical (unpaired) electrons. The average molecular weight is 480 g/mol. The Morgan fingerprint density at radius 1 is 1.26 bits per heavy atom. The van der Waals surface area contributed by atoms with Crippen molar-refractivity contribution in [1.29, 1.82) is 0 Å². The van der Waals surface area contributed by atoms with Crippen molar-refractivity contribution in [2.24, 2.45) is 5.92 Å². The van der Waals surface area contributed by atoms with Crippen LogP contribution >= 0.6 is 11.8 Å². The predicted molar refractivity (Wildman–Crippen MR) is 128 cm³/mol. The van der Waals surface area contributed by atoms with Crippen LogP contribution in [-0.2, 0) is 9.59 Å². The summed E-state index contributed by atoms with van der Waals surface area (Å²) in [6.07, 6.45) is 9.25. The Labute approximate surface area is 200 Å². The lowest BCUT2D eigenvalue weighted by molar-refractivity contribution is -0.125. The minimum atomic E-state index is -0.546. The molecule has 6 rings (SSSR count). The number of anilines is 1. The van der Waals surface area contributed by atoms with Crippen LogP contribution in [0, 0.1) is 5.92 Å². The van der Waals surface area contributed by atoms with Gasteiger partial charge in [0.1, 0.15) is 11.5 Å². The molecular formula is C23H25N7O3S. The Kier molecular flexibility index (Phi) is 5.09. The summed E-state index contributed by atoms with van der Waals surface area (Å²) in [4.78, 5) is 44.1. The van der Waals surface area contributed by atoms with Gasteiger partial charge in [0.05, 0.1) is 22.0 Å². The third-order valence-electron chi connectivity index (χ3n) is 6.51. The van der Waals surface area contributed by atoms with Crippen molar-refractivity contribution >= 4 is 47.1 Å². The number of amides is 4. The largest absolute Gasteiger partial charge is 0.367 e. The fourth-order valence-electron chi connectivity index (χ4n) is 4.50. The molecule has 34 heavy (non-hydrogen) atoms. The van der Waals surface area contributed by atoms with Crippen LogP contribution in [0.1, 0.15) is 49.1 Å². The summed E-state index contributed by atoms with van der Waals surface area (Å²) < 4.78 is 1.73. The zero-order valence-corrected chi connectivity index (χ0v) is 19.5. The van der Waals surface area contributed by atoms with E-state index in [0.29, 0.717) is 23.2 Å². The summed E-state index contributed by atoms with van der Waals surface area (Å²) in [5.74, 6) is 1.02. The van der Waals surface area contributed by atoms with Gasteiger partial charge in [0.15, 0.2) is 5.65 Å². The maximum absolute atomic E-state index is 13.0. The Morgan fingerprint density at radius 2 is 2.12 bits per heavy atom. The second-order valence-electron chi connectivity index (χ2n) is 9.34. The highest BCUT2D eigenvalue weighted by Gasteiger charge is 2.32. The number of likely N-dealkylation sites (tertiary alicyclic amines) is 1. The first-order chi connectivity index (χ1) is 16.4. The molecular weight excluding hydrogens is 454 g/mol. The van der Waals surface area contributed by atoms with Crippen LogP contribution in [-0.4, -0.2) is 56.5 Å². The van der Waals surface area contributed by atoms with Gasteiger partial charge in [-0.15, -0.1) is 11.8 Å². The summed E-state index contributed by atoms with van der Waals surface area (Å²) in [7, 11) is 0. The van der Waals surface area contributed by atoms with Crippen LogP contribution in [0.25, 0.3) is 11.7 Å². The average Bonchev–Trinajstić information content (AvgIpc) is 3.18. The number of allylic oxidation sites excluding steroid dienone is 1. The molecule has 176 valence electrons. The molecule has 10 nitrogen and oxygen atoms in total. The quantitative estimate of drug-likeness (QED) is 0.445. The molecule has 2 aromatic rings. The molecule has 2 aromatic heterocycles. The zero-order valence-electron chi connectivity index (χ0n) is 18.7. The number of nitrogens with one attached hydrogen (secondary N) is 3. The molecule has 3 aliphatic heterocycles. The van der Waals surface area contributed by atoms with Gasteiger partial charge in [-0.3, -0.25) is 14.9 Å². The minimum Gasteiger partial charge on any atom is -0.367 e. The number of carbonyl (C=O) groups is 3. The lowest BCUT2D eigenvalue weighted by Gasteiger charge is -2.17. The molecule has 1 saturated carbocycles. The van der Waals surface area contributed by atoms with Gasteiger partial charge >= 0.3 is 6.03 Å². The Hall–Kier alpha value is -3.34. The SMILES string of the molecule is CC1CCN(C(=O)C2=CCC(c3cc(NC4CC4)n4ncc(/C=C5\NC(=O)NC5=O)c4n3)S2)C1. The van der Waals surface area contributed by atoms with E-state index in [1.807, 2.05) is 17.0 Å². The van der Waals surface area contributed by atoms with Crippen molar-refractivity contribution in [3.63, 3.8) is 0 Å². The van der Waals surface area contributed by atoms with Gasteiger partial charge in [-0.25, -0.2) is 9.78 Å². The number of imide groups is 1. The molecule has 0 spiro atoms. The topological polar surface area (TPSA) is 121 Å². The summed E-state index contributed by atoms with van der Waals surface area (Å²) in [6.45, 7) is 3.82. The maximum Gasteiger partial charge on any atom is 0.326 e. The molecule has 11 heteroatoms. The van der Waals surface area contributed by atoms with Gasteiger partial charge in [-0.2, -0.15) is 9.61 Å². The number of hydrogen-bond acceptors (Lipinski definition) is 7. The second kappa shape index (κ2) is 8.15. The monoisotopic (exact) mass is 479 g/mol. The highest BCUT2D eigenvalue weighted by Crippen LogP contribution is 2.45. The second-order valence-corrected chi connectivity index (χ2v) is 10.6. The zero-order chi connectivity index (χ0) is 23.4. The Morgan fingerprint density at radius 3 is 2.82 bits per heavy atom. The number of thioether (sulfide) groups is 1. The van der Waals surface area contributed by atoms with Crippen LogP contribution < -0.4 is 16.0 Å². The van der Waals surface area contributed by atoms with E-state index in [0.717, 1.165) is 55.2 Å². The predicted octanol–water partition coefficient (Wildman–Crippen LogP) is 2.41. The van der Waals surface area contributed by atoms with Crippen molar-refractivity contribution in [1.82, 2.24) is 30.1 Å². The fraction of sp³-hybridized carbons (Fsp3) is 0.435. The number of fused-ring (bicyclic) bond motifs is 1. The molecule has 0 aromatic carbocycles. The van der Waals surface area contributed by atoms with Gasteiger partial charge in [0, 0.05) is 30.8 Å². The Balaban J connectivity index is 1.31. The van der Waals surface area contributed by atoms with Crippen LogP contribution in [0.4, 0.5) is 10.6 Å². The fourth-order valence-corrected chi connectivity index (χ4v) is 5.66. The highest BCUT2D eigenvalue weighted by molar-refractivity contribution is 8.04. The third-order valence-corrected chi connectivity index (χ3v) is 7.82. The number of nitrogens with zero attached hydrogens (tertiary/aromatic N) is 4. The van der Waals surface area contributed by atoms with E-state index in [-0.39, 0.29) is 16.9 Å². The Bertz CT molecular complexity index is 1280. The van der Waals surface area contributed by atoms with Crippen LogP contribution in [0.2, 0.25) is 0 Å². The molecule has 1 aliphatic carbocycles. The van der Waals surface area contributed by atoms with Gasteiger partial charge in [0.2, 0.25) is 0 Å². The van der Waals surface area contributed by atoms with Crippen molar-refractivity contribution in [2.45, 2.75) is 43.9 Å². The van der Waals surface area contributed by atoms with Crippen LogP contribution in [0.15, 0.2) is 28.9 Å². The molecule has 3 fully saturated rings. The molecule has 0 bridgehead atoms. The first-order valence-corrected chi connectivity index (χ1v) is 12.5. The summed E-state index contributed by atoms with van der Waals surface area (Å²) in [6, 6.07) is 1.87. The molecule has 2 atom stereocenters. The van der Waals surface area contributed by atoms with Gasteiger partial charge in [-0.05, 0) is 37.7 Å². The number of carbonyl (C=O) groups excluding carboxylic acids is 3. The van der Waals surface area contributed by atoms with Crippen LogP contribution in [0.5, 0.6) is 0 Å². The summed E-state index contributed by atoms with van der Waals surface area (Å²) in [5.41, 5.74) is 2.24. The lowest BCUT2D eigenvalue weighted by atomic mass is 10.2. The van der Waals surface area contributed by atoms with Crippen molar-refractivity contribution in [3.05, 3.63) is 40.2 Å². The lowest BCUT2D eigenvalue weighted by Crippen LogP contribution is -2.28. The number of rotatable bonds is 5. The third kappa shape index (κ3) is 3.93. The van der Waals surface area contributed by atoms with E-state index in [9.17, 15) is 14.4 Å². The molecule has 2 unspecified atom stereocenters. The standard InChI is InChI=1S/C23H25N7O3S/c1-12-6-7-29(11-12)22(32)18-5-4-17(34-18)15-9-19(25-14-2-3-14)30-20(26-15)13(10-24-30)8-16-21(31)28-23(33)27-16/h5,8-10,12,14,17,25H,2-4,6-7,11H2,1H3,(H2,27,28,31,33)/b16-8-. The van der Waals surface area contributed by atoms with E-state index in [1.165, 1.54) is 0 Å². The molecule has 4 aliphatic rings. The molecule has 3 N–H and O–H groups in total. The first kappa shape index (κ1) is 21.2. The van der Waals surface area contributed by atoms with Gasteiger partial charge in [0.25, 0.3) is 11.8 Å². The molecule has 2 saturated heterocycles. The maximum atomic E-state index is 13.0. The van der Waals surface area contributed by atoms with E-state index < -0.39 is 11.9 Å². The smallest absolute Gasteiger partial charge is 0.326 e. The van der Waals surface area contributed by atoms with E-state index >= 15 is 0 Å². The van der Waals surface area contributed by atoms with Crippen molar-refractivity contribution in [3.8, 4) is 0 Å². The van der Waals surface area contributed by atoms with E-state index in [1.54, 1.807) is 28.6 Å². The molecule has 5 heterocycles. The highest BCUT2D eigenvalue weighted by atomic mass is 32.2. The van der Waals surface area contributed by atoms with Crippen molar-refractivity contribution in [2.75, 3.05) is 18.4 Å². The number of urea groups is 1. The van der Waals surface area contributed by atoms with Crippen LogP contribution in [0.3, 0.4) is 0 Å². The van der Waals surface area contributed by atoms with Crippen molar-refractivity contribution < 1.29 is 14.4 Å². The normalized spacial score (nSPS) is 25.7. The van der Waals surface area contributed by atoms with Gasteiger partial charge < -0.3 is 15.5 Å². The number of hydrogen-bond donors (Lipinski definition) is 3. The summed E-state index contributed by atoms with van der Waals surface area (Å²) >= 11 is 1.57. The molecule has 4 amide bonds.